The van der Waals surface area contributed by atoms with Crippen molar-refractivity contribution in [2.24, 2.45) is 7.05 Å². The molecule has 2 rings (SSSR count). The maximum atomic E-state index is 4.23. The third-order valence-corrected chi connectivity index (χ3v) is 2.33. The summed E-state index contributed by atoms with van der Waals surface area (Å²) in [7, 11) is 1.85. The molecule has 0 unspecified atom stereocenters. The van der Waals surface area contributed by atoms with Gasteiger partial charge >= 0.3 is 0 Å². The minimum Gasteiger partial charge on any atom is -0.308 e. The second-order valence-electron chi connectivity index (χ2n) is 4.25. The average Bonchev–Trinajstić information content (AvgIpc) is 2.86. The monoisotopic (exact) mass is 235 g/mol. The first-order valence-corrected chi connectivity index (χ1v) is 5.60. The van der Waals surface area contributed by atoms with Crippen LogP contribution >= 0.6 is 0 Å². The van der Waals surface area contributed by atoms with Gasteiger partial charge in [-0.15, -0.1) is 5.10 Å². The van der Waals surface area contributed by atoms with E-state index in [1.54, 1.807) is 11.0 Å². The van der Waals surface area contributed by atoms with Crippen LogP contribution in [0.2, 0.25) is 0 Å². The maximum Gasteiger partial charge on any atom is 0.141 e. The first kappa shape index (κ1) is 11.7. The van der Waals surface area contributed by atoms with Crippen LogP contribution in [0.5, 0.6) is 0 Å². The van der Waals surface area contributed by atoms with Crippen molar-refractivity contribution < 1.29 is 0 Å². The van der Waals surface area contributed by atoms with E-state index in [9.17, 15) is 0 Å². The fraction of sp³-hybridized carbons (Fsp3) is 0.600. The number of rotatable bonds is 5. The van der Waals surface area contributed by atoms with Gasteiger partial charge in [0.1, 0.15) is 17.8 Å². The van der Waals surface area contributed by atoms with Gasteiger partial charge in [-0.1, -0.05) is 19.1 Å². The molecule has 0 amide bonds. The summed E-state index contributed by atoms with van der Waals surface area (Å²) in [5, 5.41) is 15.4. The van der Waals surface area contributed by atoms with E-state index in [1.165, 1.54) is 0 Å². The van der Waals surface area contributed by atoms with Gasteiger partial charge in [-0.05, 0) is 0 Å². The second kappa shape index (κ2) is 5.05. The fourth-order valence-corrected chi connectivity index (χ4v) is 1.47. The summed E-state index contributed by atoms with van der Waals surface area (Å²) in [6.07, 6.45) is 3.44. The largest absolute Gasteiger partial charge is 0.308 e. The highest BCUT2D eigenvalue weighted by atomic mass is 15.4. The molecule has 0 aliphatic carbocycles. The Labute approximate surface area is 99.9 Å². The zero-order chi connectivity index (χ0) is 12.3. The van der Waals surface area contributed by atoms with Crippen LogP contribution in [0.15, 0.2) is 12.5 Å². The minimum absolute atomic E-state index is 0.427. The van der Waals surface area contributed by atoms with Crippen LogP contribution in [0.1, 0.15) is 25.4 Å². The van der Waals surface area contributed by atoms with Crippen molar-refractivity contribution in [2.45, 2.75) is 33.0 Å². The van der Waals surface area contributed by atoms with E-state index < -0.39 is 0 Å². The molecule has 2 aromatic rings. The Morgan fingerprint density at radius 2 is 2.24 bits per heavy atom. The molecule has 1 N–H and O–H groups in total. The van der Waals surface area contributed by atoms with Crippen LogP contribution in [0.4, 0.5) is 0 Å². The molecule has 92 valence electrons. The Balaban J connectivity index is 2.03. The lowest BCUT2D eigenvalue weighted by Gasteiger charge is -2.08. The summed E-state index contributed by atoms with van der Waals surface area (Å²) in [5.74, 6) is 0.907. The number of nitrogens with one attached hydrogen (secondary N) is 1. The molecule has 17 heavy (non-hydrogen) atoms. The highest BCUT2D eigenvalue weighted by Crippen LogP contribution is 2.00. The summed E-state index contributed by atoms with van der Waals surface area (Å²) in [6, 6.07) is 0.427. The summed E-state index contributed by atoms with van der Waals surface area (Å²) >= 11 is 0. The van der Waals surface area contributed by atoms with Gasteiger partial charge in [0.2, 0.25) is 0 Å². The lowest BCUT2D eigenvalue weighted by atomic mass is 10.4. The Hall–Kier alpha value is -1.76. The van der Waals surface area contributed by atoms with Gasteiger partial charge < -0.3 is 5.32 Å². The normalized spacial score (nSPS) is 11.3. The van der Waals surface area contributed by atoms with Crippen molar-refractivity contribution >= 4 is 0 Å². The lowest BCUT2D eigenvalue weighted by molar-refractivity contribution is 0.536. The predicted molar refractivity (Wildman–Crippen MR) is 62.1 cm³/mol. The van der Waals surface area contributed by atoms with Crippen LogP contribution in [-0.4, -0.2) is 35.8 Å². The zero-order valence-electron chi connectivity index (χ0n) is 10.3. The standard InChI is InChI=1S/C10H17N7/c1-8(2)11-4-10-12-7-13-17(10)6-9-5-16(3)15-14-9/h5,7-8,11H,4,6H2,1-3H3. The summed E-state index contributed by atoms with van der Waals surface area (Å²) in [4.78, 5) is 4.23. The zero-order valence-corrected chi connectivity index (χ0v) is 10.3. The van der Waals surface area contributed by atoms with Gasteiger partial charge in [-0.3, -0.25) is 4.68 Å². The van der Waals surface area contributed by atoms with Gasteiger partial charge in [-0.25, -0.2) is 9.67 Å². The number of aryl methyl sites for hydroxylation is 1. The molecular formula is C10H17N7. The summed E-state index contributed by atoms with van der Waals surface area (Å²) < 4.78 is 3.51. The van der Waals surface area contributed by atoms with Crippen LogP contribution in [-0.2, 0) is 20.1 Å². The molecule has 0 spiro atoms. The first-order valence-electron chi connectivity index (χ1n) is 5.60. The van der Waals surface area contributed by atoms with Crippen molar-refractivity contribution in [1.29, 1.82) is 0 Å². The van der Waals surface area contributed by atoms with Crippen molar-refractivity contribution in [3.63, 3.8) is 0 Å². The molecule has 0 aliphatic rings. The fourth-order valence-electron chi connectivity index (χ4n) is 1.47. The summed E-state index contributed by atoms with van der Waals surface area (Å²) in [5.41, 5.74) is 0.879. The molecule has 0 atom stereocenters. The first-order chi connectivity index (χ1) is 8.15. The van der Waals surface area contributed by atoms with Crippen molar-refractivity contribution in [1.82, 2.24) is 35.1 Å². The Kier molecular flexibility index (Phi) is 3.48. The van der Waals surface area contributed by atoms with Gasteiger partial charge in [0.15, 0.2) is 0 Å². The highest BCUT2D eigenvalue weighted by Gasteiger charge is 2.07. The van der Waals surface area contributed by atoms with Crippen LogP contribution in [0.25, 0.3) is 0 Å². The highest BCUT2D eigenvalue weighted by molar-refractivity contribution is 4.95. The summed E-state index contributed by atoms with van der Waals surface area (Å²) in [6.45, 7) is 5.51. The van der Waals surface area contributed by atoms with Gasteiger partial charge in [0, 0.05) is 19.3 Å². The third kappa shape index (κ3) is 3.10. The number of aromatic nitrogens is 6. The SMILES string of the molecule is CC(C)NCc1ncnn1Cc1cn(C)nn1. The van der Waals surface area contributed by atoms with E-state index in [0.29, 0.717) is 19.1 Å². The van der Waals surface area contributed by atoms with E-state index in [-0.39, 0.29) is 0 Å². The molecule has 7 nitrogen and oxygen atoms in total. The van der Waals surface area contributed by atoms with Crippen molar-refractivity contribution in [3.8, 4) is 0 Å². The molecule has 2 heterocycles. The number of hydrogen-bond donors (Lipinski definition) is 1. The smallest absolute Gasteiger partial charge is 0.141 e. The molecule has 0 bridgehead atoms. The average molecular weight is 235 g/mol. The minimum atomic E-state index is 0.427. The van der Waals surface area contributed by atoms with Crippen LogP contribution in [0, 0.1) is 0 Å². The van der Waals surface area contributed by atoms with E-state index in [0.717, 1.165) is 11.5 Å². The van der Waals surface area contributed by atoms with Crippen molar-refractivity contribution in [3.05, 3.63) is 24.0 Å². The number of nitrogens with zero attached hydrogens (tertiary/aromatic N) is 6. The van der Waals surface area contributed by atoms with E-state index >= 15 is 0 Å². The molecule has 0 radical (unpaired) electrons. The van der Waals surface area contributed by atoms with Gasteiger partial charge in [-0.2, -0.15) is 5.10 Å². The van der Waals surface area contributed by atoms with Crippen LogP contribution in [0.3, 0.4) is 0 Å². The van der Waals surface area contributed by atoms with Crippen molar-refractivity contribution in [2.75, 3.05) is 0 Å². The quantitative estimate of drug-likeness (QED) is 0.786. The lowest BCUT2D eigenvalue weighted by Crippen LogP contribution is -2.24. The maximum absolute atomic E-state index is 4.23. The molecule has 7 heteroatoms. The van der Waals surface area contributed by atoms with Gasteiger partial charge in [0.05, 0.1) is 13.1 Å². The topological polar surface area (TPSA) is 73.5 Å². The Bertz CT molecular complexity index is 470. The molecule has 0 fully saturated rings. The predicted octanol–water partition coefficient (Wildman–Crippen LogP) is -0.0471. The van der Waals surface area contributed by atoms with E-state index in [1.807, 2.05) is 17.9 Å². The second-order valence-corrected chi connectivity index (χ2v) is 4.25. The molecule has 0 aliphatic heterocycles. The third-order valence-electron chi connectivity index (χ3n) is 2.33. The molecule has 0 saturated carbocycles. The number of hydrogen-bond acceptors (Lipinski definition) is 5. The molecule has 2 aromatic heterocycles. The molecular weight excluding hydrogens is 218 g/mol. The van der Waals surface area contributed by atoms with E-state index in [4.69, 9.17) is 0 Å². The molecule has 0 saturated heterocycles. The van der Waals surface area contributed by atoms with E-state index in [2.05, 4.69) is 39.6 Å². The van der Waals surface area contributed by atoms with Crippen LogP contribution < -0.4 is 5.32 Å². The Morgan fingerprint density at radius 1 is 1.41 bits per heavy atom. The molecule has 0 aromatic carbocycles. The van der Waals surface area contributed by atoms with Gasteiger partial charge in [0.25, 0.3) is 0 Å². The Morgan fingerprint density at radius 3 is 2.88 bits per heavy atom.